The van der Waals surface area contributed by atoms with Crippen LogP contribution in [0, 0.1) is 18.7 Å². The van der Waals surface area contributed by atoms with Gasteiger partial charge in [-0.1, -0.05) is 19.1 Å². The molecule has 0 bridgehead atoms. The molecule has 1 aliphatic rings. The Hall–Kier alpha value is -2.50. The van der Waals surface area contributed by atoms with Crippen LogP contribution in [-0.4, -0.2) is 27.7 Å². The monoisotopic (exact) mass is 330 g/mol. The van der Waals surface area contributed by atoms with Crippen molar-refractivity contribution in [1.82, 2.24) is 9.97 Å². The first kappa shape index (κ1) is 16.4. The fourth-order valence-corrected chi connectivity index (χ4v) is 3.06. The summed E-state index contributed by atoms with van der Waals surface area (Å²) in [6, 6.07) is 5.96. The smallest absolute Gasteiger partial charge is 0.307 e. The lowest BCUT2D eigenvalue weighted by Gasteiger charge is -2.19. The Labute approximate surface area is 139 Å². The van der Waals surface area contributed by atoms with Crippen LogP contribution in [0.3, 0.4) is 0 Å². The van der Waals surface area contributed by atoms with Crippen LogP contribution in [0.15, 0.2) is 30.5 Å². The van der Waals surface area contributed by atoms with E-state index < -0.39 is 17.3 Å². The summed E-state index contributed by atoms with van der Waals surface area (Å²) in [5.41, 5.74) is 0.946. The zero-order chi connectivity index (χ0) is 17.3. The van der Waals surface area contributed by atoms with Crippen molar-refractivity contribution in [1.29, 1.82) is 0 Å². The second-order valence-electron chi connectivity index (χ2n) is 6.13. The van der Waals surface area contributed by atoms with Crippen molar-refractivity contribution in [3.63, 3.8) is 0 Å². The van der Waals surface area contributed by atoms with Gasteiger partial charge < -0.3 is 9.84 Å². The number of carboxylic acids is 1. The van der Waals surface area contributed by atoms with Gasteiger partial charge in [-0.2, -0.15) is 0 Å². The quantitative estimate of drug-likeness (QED) is 0.882. The Morgan fingerprint density at radius 1 is 1.42 bits per heavy atom. The molecule has 2 atom stereocenters. The Morgan fingerprint density at radius 2 is 2.12 bits per heavy atom. The van der Waals surface area contributed by atoms with E-state index in [2.05, 4.69) is 9.97 Å². The van der Waals surface area contributed by atoms with E-state index in [9.17, 15) is 14.3 Å². The molecule has 24 heavy (non-hydrogen) atoms. The maximum absolute atomic E-state index is 13.2. The second kappa shape index (κ2) is 6.19. The van der Waals surface area contributed by atoms with Crippen LogP contribution >= 0.6 is 0 Å². The third kappa shape index (κ3) is 2.96. The third-order valence-electron chi connectivity index (χ3n) is 4.56. The molecule has 0 amide bonds. The van der Waals surface area contributed by atoms with Gasteiger partial charge in [0.2, 0.25) is 0 Å². The summed E-state index contributed by atoms with van der Waals surface area (Å²) in [5, 5.41) is 9.38. The molecule has 0 radical (unpaired) electrons. The minimum atomic E-state index is -0.862. The largest absolute Gasteiger partial charge is 0.489 e. The van der Waals surface area contributed by atoms with Gasteiger partial charge in [-0.15, -0.1) is 0 Å². The fraction of sp³-hybridized carbons (Fsp3) is 0.389. The highest BCUT2D eigenvalue weighted by Crippen LogP contribution is 2.54. The van der Waals surface area contributed by atoms with E-state index in [0.29, 0.717) is 24.4 Å². The number of hydrogen-bond acceptors (Lipinski definition) is 4. The van der Waals surface area contributed by atoms with E-state index in [1.807, 2.05) is 13.8 Å². The lowest BCUT2D eigenvalue weighted by Crippen LogP contribution is -2.24. The van der Waals surface area contributed by atoms with Crippen LogP contribution in [0.5, 0.6) is 5.75 Å². The van der Waals surface area contributed by atoms with E-state index in [1.165, 1.54) is 12.1 Å². The summed E-state index contributed by atoms with van der Waals surface area (Å²) in [4.78, 5) is 19.9. The Morgan fingerprint density at radius 3 is 2.71 bits per heavy atom. The molecule has 1 N–H and O–H groups in total. The van der Waals surface area contributed by atoms with Crippen LogP contribution in [0.25, 0.3) is 0 Å². The number of ether oxygens (including phenoxy) is 1. The number of carboxylic acid groups (broad SMARTS) is 1. The summed E-state index contributed by atoms with van der Waals surface area (Å²) >= 11 is 0. The van der Waals surface area contributed by atoms with Gasteiger partial charge in [0.25, 0.3) is 0 Å². The number of aliphatic carboxylic acids is 1. The van der Waals surface area contributed by atoms with Gasteiger partial charge in [0.05, 0.1) is 24.4 Å². The molecular formula is C18H19FN2O3. The first-order valence-corrected chi connectivity index (χ1v) is 7.90. The Balaban J connectivity index is 1.84. The number of hydrogen-bond donors (Lipinski definition) is 1. The number of nitrogens with zero attached hydrogens (tertiary/aromatic N) is 2. The van der Waals surface area contributed by atoms with Gasteiger partial charge in [0.1, 0.15) is 11.6 Å². The number of halogens is 1. The van der Waals surface area contributed by atoms with Gasteiger partial charge >= 0.3 is 5.97 Å². The normalized spacial score (nSPS) is 22.2. The van der Waals surface area contributed by atoms with Gasteiger partial charge in [-0.05, 0) is 37.5 Å². The fourth-order valence-electron chi connectivity index (χ4n) is 3.06. The van der Waals surface area contributed by atoms with Crippen LogP contribution in [-0.2, 0) is 16.6 Å². The average molecular weight is 330 g/mol. The van der Waals surface area contributed by atoms with Crippen LogP contribution in [0.4, 0.5) is 4.39 Å². The van der Waals surface area contributed by atoms with Gasteiger partial charge in [-0.25, -0.2) is 14.4 Å². The first-order chi connectivity index (χ1) is 11.5. The first-order valence-electron chi connectivity index (χ1n) is 7.90. The molecule has 126 valence electrons. The van der Waals surface area contributed by atoms with E-state index in [0.717, 1.165) is 11.3 Å². The number of aromatic nitrogens is 2. The minimum absolute atomic E-state index is 0.203. The zero-order valence-corrected chi connectivity index (χ0v) is 13.6. The Kier molecular flexibility index (Phi) is 4.22. The topological polar surface area (TPSA) is 72.3 Å². The molecule has 1 heterocycles. The van der Waals surface area contributed by atoms with Gasteiger partial charge in [0.15, 0.2) is 5.75 Å². The van der Waals surface area contributed by atoms with Crippen LogP contribution < -0.4 is 4.74 Å². The van der Waals surface area contributed by atoms with Crippen molar-refractivity contribution >= 4 is 5.97 Å². The SMILES string of the molecule is CCc1nc(C)ncc1OC[C@@]1(c2ccc(F)cc2)C[C@H]1C(=O)O. The molecule has 5 nitrogen and oxygen atoms in total. The van der Waals surface area contributed by atoms with Crippen LogP contribution in [0.2, 0.25) is 0 Å². The van der Waals surface area contributed by atoms with E-state index in [-0.39, 0.29) is 12.4 Å². The molecule has 0 aliphatic heterocycles. The zero-order valence-electron chi connectivity index (χ0n) is 13.6. The highest BCUT2D eigenvalue weighted by molar-refractivity contribution is 5.77. The molecule has 1 fully saturated rings. The maximum Gasteiger partial charge on any atom is 0.307 e. The molecule has 1 saturated carbocycles. The minimum Gasteiger partial charge on any atom is -0.489 e. The second-order valence-corrected chi connectivity index (χ2v) is 6.13. The number of carbonyl (C=O) groups is 1. The van der Waals surface area contributed by atoms with Gasteiger partial charge in [0, 0.05) is 5.41 Å². The molecule has 1 aromatic carbocycles. The number of benzene rings is 1. The van der Waals surface area contributed by atoms with Crippen molar-refractivity contribution in [3.8, 4) is 5.75 Å². The summed E-state index contributed by atoms with van der Waals surface area (Å²) in [7, 11) is 0. The lowest BCUT2D eigenvalue weighted by molar-refractivity contribution is -0.139. The molecule has 3 rings (SSSR count). The summed E-state index contributed by atoms with van der Waals surface area (Å²) in [6.07, 6.45) is 2.80. The summed E-state index contributed by atoms with van der Waals surface area (Å²) < 4.78 is 19.1. The van der Waals surface area contributed by atoms with E-state index >= 15 is 0 Å². The molecule has 6 heteroatoms. The molecule has 1 aromatic heterocycles. The molecule has 2 aromatic rings. The van der Waals surface area contributed by atoms with E-state index in [4.69, 9.17) is 4.74 Å². The standard InChI is InChI=1S/C18H19FN2O3/c1-3-15-16(9-20-11(2)21-15)24-10-18(8-14(18)17(22)23)12-4-6-13(19)7-5-12/h4-7,9,14H,3,8,10H2,1-2H3,(H,22,23)/t14-,18+/m0/s1. The lowest BCUT2D eigenvalue weighted by atomic mass is 9.94. The highest BCUT2D eigenvalue weighted by atomic mass is 19.1. The predicted molar refractivity (Wildman–Crippen MR) is 85.5 cm³/mol. The van der Waals surface area contributed by atoms with Crippen molar-refractivity contribution in [2.75, 3.05) is 6.61 Å². The van der Waals surface area contributed by atoms with Gasteiger partial charge in [-0.3, -0.25) is 4.79 Å². The predicted octanol–water partition coefficient (Wildman–Crippen LogP) is 2.91. The van der Waals surface area contributed by atoms with Crippen LogP contribution in [0.1, 0.15) is 30.4 Å². The van der Waals surface area contributed by atoms with Crippen molar-refractivity contribution in [2.24, 2.45) is 5.92 Å². The van der Waals surface area contributed by atoms with E-state index in [1.54, 1.807) is 18.3 Å². The van der Waals surface area contributed by atoms with Crippen molar-refractivity contribution < 1.29 is 19.0 Å². The molecular weight excluding hydrogens is 311 g/mol. The average Bonchev–Trinajstić information content (AvgIpc) is 3.30. The molecule has 0 saturated heterocycles. The third-order valence-corrected chi connectivity index (χ3v) is 4.56. The number of rotatable bonds is 6. The highest BCUT2D eigenvalue weighted by Gasteiger charge is 2.60. The maximum atomic E-state index is 13.2. The molecule has 1 aliphatic carbocycles. The summed E-state index contributed by atoms with van der Waals surface area (Å²) in [6.45, 7) is 3.99. The summed E-state index contributed by atoms with van der Waals surface area (Å²) in [5.74, 6) is -0.497. The number of aryl methyl sites for hydroxylation is 2. The molecule has 0 unspecified atom stereocenters. The van der Waals surface area contributed by atoms with Crippen molar-refractivity contribution in [3.05, 3.63) is 53.4 Å². The Bertz CT molecular complexity index is 763. The molecule has 0 spiro atoms. The van der Waals surface area contributed by atoms with Crippen molar-refractivity contribution in [2.45, 2.75) is 32.1 Å².